The van der Waals surface area contributed by atoms with Gasteiger partial charge in [0.05, 0.1) is 23.1 Å². The van der Waals surface area contributed by atoms with E-state index in [2.05, 4.69) is 28.1 Å². The van der Waals surface area contributed by atoms with E-state index in [0.29, 0.717) is 33.9 Å². The Morgan fingerprint density at radius 3 is 2.44 bits per heavy atom. The van der Waals surface area contributed by atoms with Crippen LogP contribution in [0.2, 0.25) is 0 Å². The van der Waals surface area contributed by atoms with E-state index in [1.807, 2.05) is 40.7 Å². The Morgan fingerprint density at radius 2 is 1.79 bits per heavy atom. The quantitative estimate of drug-likeness (QED) is 0.276. The molecule has 2 aromatic carbocycles. The number of hydrogen-bond donors (Lipinski definition) is 4. The number of ether oxygens (including phenoxy) is 2. The Balaban J connectivity index is 1.51. The Labute approximate surface area is 253 Å². The molecular weight excluding hydrogens is 546 g/mol. The lowest BCUT2D eigenvalue weighted by molar-refractivity contribution is -0.123. The summed E-state index contributed by atoms with van der Waals surface area (Å²) < 4.78 is 11.3. The third kappa shape index (κ3) is 8.68. The average Bonchev–Trinajstić information content (AvgIpc) is 2.96. The fourth-order valence-corrected chi connectivity index (χ4v) is 4.89. The summed E-state index contributed by atoms with van der Waals surface area (Å²) >= 11 is 0. The van der Waals surface area contributed by atoms with Crippen LogP contribution in [0.3, 0.4) is 0 Å². The van der Waals surface area contributed by atoms with Gasteiger partial charge in [-0.3, -0.25) is 9.59 Å². The minimum Gasteiger partial charge on any atom is -0.489 e. The number of carbonyl (C=O) groups excluding carboxylic acids is 2. The van der Waals surface area contributed by atoms with Crippen LogP contribution in [0.15, 0.2) is 65.0 Å². The van der Waals surface area contributed by atoms with Gasteiger partial charge in [0.1, 0.15) is 30.3 Å². The number of allylic oxidation sites excluding steroid dienone is 4. The third-order valence-corrected chi connectivity index (χ3v) is 7.16. The van der Waals surface area contributed by atoms with Gasteiger partial charge in [-0.05, 0) is 76.9 Å². The molecule has 1 aliphatic rings. The molecule has 2 aromatic rings. The van der Waals surface area contributed by atoms with Gasteiger partial charge in [-0.15, -0.1) is 0 Å². The minimum atomic E-state index is -0.823. The van der Waals surface area contributed by atoms with Crippen molar-refractivity contribution in [3.8, 4) is 23.6 Å². The second-order valence-corrected chi connectivity index (χ2v) is 11.2. The molecule has 2 atom stereocenters. The Morgan fingerprint density at radius 1 is 1.07 bits per heavy atom. The van der Waals surface area contributed by atoms with Crippen LogP contribution in [-0.2, 0) is 9.59 Å². The molecule has 4 N–H and O–H groups in total. The number of benzene rings is 2. The van der Waals surface area contributed by atoms with Crippen LogP contribution in [-0.4, -0.2) is 54.7 Å². The summed E-state index contributed by atoms with van der Waals surface area (Å²) in [4.78, 5) is 25.0. The number of nitriles is 2. The summed E-state index contributed by atoms with van der Waals surface area (Å²) in [5.41, 5.74) is 4.02. The SMILES string of the molecule is CC(=O)C1=C(C)NC(C)=C(C#N)C1c1ccc(OCC(=O)NCC(C)(C)NCC(O)COc2ccccc2C#N)cc1C. The van der Waals surface area contributed by atoms with Gasteiger partial charge in [0.2, 0.25) is 0 Å². The van der Waals surface area contributed by atoms with E-state index < -0.39 is 17.6 Å². The standard InChI is InChI=1S/C33H39N5O5/c1-20-13-26(11-12-27(20)32-28(15-35)21(2)38-22(3)31(32)23(4)39)42-18-30(41)36-19-33(5,6)37-16-25(40)17-43-29-10-8-7-9-24(29)14-34/h7-13,25,32,37-38,40H,16-19H2,1-6H3,(H,36,41). The first-order valence-corrected chi connectivity index (χ1v) is 14.0. The molecule has 3 rings (SSSR count). The first-order valence-electron chi connectivity index (χ1n) is 14.0. The number of nitrogens with zero attached hydrogens (tertiary/aromatic N) is 2. The lowest BCUT2D eigenvalue weighted by atomic mass is 9.78. The summed E-state index contributed by atoms with van der Waals surface area (Å²) in [6.45, 7) is 11.2. The lowest BCUT2D eigenvalue weighted by Crippen LogP contribution is -2.52. The van der Waals surface area contributed by atoms with Gasteiger partial charge in [-0.1, -0.05) is 18.2 Å². The highest BCUT2D eigenvalue weighted by atomic mass is 16.5. The van der Waals surface area contributed by atoms with E-state index in [1.54, 1.807) is 36.4 Å². The molecule has 0 aliphatic carbocycles. The zero-order chi connectivity index (χ0) is 31.7. The van der Waals surface area contributed by atoms with E-state index in [1.165, 1.54) is 6.92 Å². The van der Waals surface area contributed by atoms with Crippen LogP contribution >= 0.6 is 0 Å². The highest BCUT2D eigenvalue weighted by Crippen LogP contribution is 2.40. The maximum Gasteiger partial charge on any atom is 0.258 e. The number of hydrogen-bond acceptors (Lipinski definition) is 9. The van der Waals surface area contributed by atoms with Crippen LogP contribution in [0.1, 0.15) is 57.2 Å². The van der Waals surface area contributed by atoms with Crippen LogP contribution < -0.4 is 25.4 Å². The number of β-amino-alcohol motifs (C(OH)–C–C–N with tert-alkyl or cyclic N) is 1. The number of amides is 1. The minimum absolute atomic E-state index is 0.0114. The van der Waals surface area contributed by atoms with E-state index in [-0.39, 0.29) is 38.0 Å². The molecule has 10 heteroatoms. The number of para-hydroxylation sites is 1. The monoisotopic (exact) mass is 585 g/mol. The second-order valence-electron chi connectivity index (χ2n) is 11.2. The van der Waals surface area contributed by atoms with Crippen LogP contribution in [0, 0.1) is 29.6 Å². The molecule has 0 fully saturated rings. The first-order chi connectivity index (χ1) is 20.4. The summed E-state index contributed by atoms with van der Waals surface area (Å²) in [6.07, 6.45) is -0.823. The highest BCUT2D eigenvalue weighted by molar-refractivity contribution is 5.97. The number of aliphatic hydroxyl groups excluding tert-OH is 1. The molecule has 2 unspecified atom stereocenters. The molecule has 0 saturated heterocycles. The van der Waals surface area contributed by atoms with E-state index in [4.69, 9.17) is 14.7 Å². The predicted molar refractivity (Wildman–Crippen MR) is 162 cm³/mol. The number of aliphatic hydroxyl groups is 1. The molecule has 0 bridgehead atoms. The molecule has 0 aromatic heterocycles. The maximum absolute atomic E-state index is 12.5. The summed E-state index contributed by atoms with van der Waals surface area (Å²) in [5, 5.41) is 38.5. The first kappa shape index (κ1) is 32.9. The topological polar surface area (TPSA) is 156 Å². The van der Waals surface area contributed by atoms with Crippen LogP contribution in [0.25, 0.3) is 0 Å². The number of carbonyl (C=O) groups is 2. The van der Waals surface area contributed by atoms with Gasteiger partial charge >= 0.3 is 0 Å². The number of rotatable bonds is 13. The van der Waals surface area contributed by atoms with Gasteiger partial charge in [0.25, 0.3) is 5.91 Å². The summed E-state index contributed by atoms with van der Waals surface area (Å²) in [6, 6.07) is 16.5. The fourth-order valence-electron chi connectivity index (χ4n) is 4.89. The normalized spacial score (nSPS) is 15.6. The largest absolute Gasteiger partial charge is 0.489 e. The number of aryl methyl sites for hydroxylation is 1. The third-order valence-electron chi connectivity index (χ3n) is 7.16. The zero-order valence-electron chi connectivity index (χ0n) is 25.5. The van der Waals surface area contributed by atoms with Crippen molar-refractivity contribution < 1.29 is 24.2 Å². The number of Topliss-reactive ketones (excluding diaryl/α,β-unsaturated/α-hetero) is 1. The average molecular weight is 586 g/mol. The predicted octanol–water partition coefficient (Wildman–Crippen LogP) is 3.52. The van der Waals surface area contributed by atoms with Crippen molar-refractivity contribution in [3.63, 3.8) is 0 Å². The van der Waals surface area contributed by atoms with Gasteiger partial charge in [0.15, 0.2) is 12.4 Å². The molecule has 1 aliphatic heterocycles. The zero-order valence-corrected chi connectivity index (χ0v) is 25.5. The van der Waals surface area contributed by atoms with Crippen molar-refractivity contribution >= 4 is 11.7 Å². The van der Waals surface area contributed by atoms with Crippen molar-refractivity contribution in [1.29, 1.82) is 10.5 Å². The number of ketones is 1. The second kappa shape index (κ2) is 14.5. The summed E-state index contributed by atoms with van der Waals surface area (Å²) in [5.74, 6) is 0.0173. The molecule has 0 spiro atoms. The molecular formula is C33H39N5O5. The van der Waals surface area contributed by atoms with Crippen LogP contribution in [0.4, 0.5) is 0 Å². The van der Waals surface area contributed by atoms with Crippen molar-refractivity contribution in [2.24, 2.45) is 0 Å². The molecule has 43 heavy (non-hydrogen) atoms. The van der Waals surface area contributed by atoms with Gasteiger partial charge in [-0.25, -0.2) is 0 Å². The molecule has 0 radical (unpaired) electrons. The van der Waals surface area contributed by atoms with Crippen molar-refractivity contribution in [2.45, 2.75) is 59.1 Å². The van der Waals surface area contributed by atoms with E-state index >= 15 is 0 Å². The molecule has 1 heterocycles. The van der Waals surface area contributed by atoms with E-state index in [9.17, 15) is 20.0 Å². The van der Waals surface area contributed by atoms with Gasteiger partial charge in [0, 0.05) is 35.6 Å². The Bertz CT molecular complexity index is 1510. The maximum atomic E-state index is 12.5. The molecule has 0 saturated carbocycles. The van der Waals surface area contributed by atoms with Crippen molar-refractivity contribution in [2.75, 3.05) is 26.3 Å². The summed E-state index contributed by atoms with van der Waals surface area (Å²) in [7, 11) is 0. The smallest absolute Gasteiger partial charge is 0.258 e. The fraction of sp³-hybridized carbons (Fsp3) is 0.394. The van der Waals surface area contributed by atoms with Crippen molar-refractivity contribution in [3.05, 3.63) is 81.7 Å². The molecule has 226 valence electrons. The molecule has 1 amide bonds. The van der Waals surface area contributed by atoms with E-state index in [0.717, 1.165) is 16.8 Å². The van der Waals surface area contributed by atoms with Crippen molar-refractivity contribution in [1.82, 2.24) is 16.0 Å². The number of nitrogens with one attached hydrogen (secondary N) is 3. The van der Waals surface area contributed by atoms with Crippen LogP contribution in [0.5, 0.6) is 11.5 Å². The highest BCUT2D eigenvalue weighted by Gasteiger charge is 2.32. The molecule has 10 nitrogen and oxygen atoms in total. The van der Waals surface area contributed by atoms with Gasteiger partial charge < -0.3 is 30.5 Å². The number of dihydropyridines is 1. The Hall–Kier alpha value is -4.64. The van der Waals surface area contributed by atoms with Gasteiger partial charge in [-0.2, -0.15) is 10.5 Å². The lowest BCUT2D eigenvalue weighted by Gasteiger charge is -2.29. The Kier molecular flexibility index (Phi) is 11.1.